The van der Waals surface area contributed by atoms with Crippen molar-refractivity contribution in [1.82, 2.24) is 15.1 Å². The van der Waals surface area contributed by atoms with Gasteiger partial charge in [0.2, 0.25) is 0 Å². The smallest absolute Gasteiger partial charge is 0.410 e. The zero-order chi connectivity index (χ0) is 23.9. The largest absolute Gasteiger partial charge is 0.444 e. The highest BCUT2D eigenvalue weighted by Crippen LogP contribution is 2.13. The molecule has 0 unspecified atom stereocenters. The van der Waals surface area contributed by atoms with Gasteiger partial charge in [-0.05, 0) is 100 Å². The lowest BCUT2D eigenvalue weighted by Crippen LogP contribution is -2.39. The van der Waals surface area contributed by atoms with E-state index < -0.39 is 11.2 Å². The van der Waals surface area contributed by atoms with Crippen molar-refractivity contribution in [1.29, 1.82) is 0 Å². The second-order valence-electron chi connectivity index (χ2n) is 9.95. The first-order valence-corrected chi connectivity index (χ1v) is 11.7. The van der Waals surface area contributed by atoms with E-state index in [0.29, 0.717) is 32.7 Å². The molecule has 0 aromatic carbocycles. The van der Waals surface area contributed by atoms with Crippen molar-refractivity contribution in [3.63, 3.8) is 0 Å². The molecule has 0 aliphatic carbocycles. The zero-order valence-corrected chi connectivity index (χ0v) is 21.1. The van der Waals surface area contributed by atoms with Crippen LogP contribution in [0.5, 0.6) is 0 Å². The van der Waals surface area contributed by atoms with Crippen LogP contribution in [-0.4, -0.2) is 79.5 Å². The van der Waals surface area contributed by atoms with Crippen LogP contribution in [0, 0.1) is 0 Å². The van der Waals surface area contributed by atoms with E-state index in [2.05, 4.69) is 5.32 Å². The van der Waals surface area contributed by atoms with Crippen molar-refractivity contribution < 1.29 is 19.1 Å². The molecule has 0 aromatic heterocycles. The zero-order valence-electron chi connectivity index (χ0n) is 21.1. The second kappa shape index (κ2) is 15.3. The third-order valence-corrected chi connectivity index (χ3v) is 4.40. The summed E-state index contributed by atoms with van der Waals surface area (Å²) in [7, 11) is 1.93. The van der Waals surface area contributed by atoms with Crippen LogP contribution in [0.4, 0.5) is 9.59 Å². The van der Waals surface area contributed by atoms with E-state index in [1.165, 1.54) is 0 Å². The fourth-order valence-electron chi connectivity index (χ4n) is 2.90. The Labute approximate surface area is 190 Å². The van der Waals surface area contributed by atoms with Crippen LogP contribution in [0.2, 0.25) is 0 Å². The summed E-state index contributed by atoms with van der Waals surface area (Å²) in [6, 6.07) is 0. The molecule has 0 saturated heterocycles. The number of hydrogen-bond donors (Lipinski definition) is 2. The average molecular weight is 445 g/mol. The molecule has 0 bridgehead atoms. The summed E-state index contributed by atoms with van der Waals surface area (Å²) in [5.41, 5.74) is 4.55. The highest BCUT2D eigenvalue weighted by molar-refractivity contribution is 5.68. The van der Waals surface area contributed by atoms with Gasteiger partial charge >= 0.3 is 12.2 Å². The number of amides is 2. The molecule has 0 fully saturated rings. The van der Waals surface area contributed by atoms with Gasteiger partial charge in [-0.15, -0.1) is 0 Å². The van der Waals surface area contributed by atoms with E-state index in [4.69, 9.17) is 15.2 Å². The van der Waals surface area contributed by atoms with E-state index in [9.17, 15) is 9.59 Å². The van der Waals surface area contributed by atoms with Gasteiger partial charge in [0.1, 0.15) is 11.2 Å². The van der Waals surface area contributed by atoms with Gasteiger partial charge in [-0.25, -0.2) is 9.59 Å². The molecular weight excluding hydrogens is 396 g/mol. The molecule has 8 nitrogen and oxygen atoms in total. The van der Waals surface area contributed by atoms with Crippen LogP contribution in [0.25, 0.3) is 0 Å². The molecule has 8 heteroatoms. The molecule has 0 rings (SSSR count). The average Bonchev–Trinajstić information content (AvgIpc) is 2.62. The summed E-state index contributed by atoms with van der Waals surface area (Å²) in [4.78, 5) is 28.7. The number of rotatable bonds is 14. The van der Waals surface area contributed by atoms with Crippen LogP contribution >= 0.6 is 0 Å². The van der Waals surface area contributed by atoms with Gasteiger partial charge in [0, 0.05) is 26.2 Å². The lowest BCUT2D eigenvalue weighted by molar-refractivity contribution is 0.0207. The summed E-state index contributed by atoms with van der Waals surface area (Å²) in [5, 5.41) is 3.13. The van der Waals surface area contributed by atoms with E-state index in [1.54, 1.807) is 9.80 Å². The third-order valence-electron chi connectivity index (χ3n) is 4.40. The van der Waals surface area contributed by atoms with Crippen molar-refractivity contribution in [3.05, 3.63) is 0 Å². The Morgan fingerprint density at radius 3 is 1.39 bits per heavy atom. The Balaban J connectivity index is 4.74. The van der Waals surface area contributed by atoms with E-state index in [1.807, 2.05) is 48.6 Å². The van der Waals surface area contributed by atoms with Gasteiger partial charge in [-0.1, -0.05) is 0 Å². The first kappa shape index (κ1) is 29.5. The Morgan fingerprint density at radius 2 is 1.06 bits per heavy atom. The Kier molecular flexibility index (Phi) is 14.5. The molecule has 0 atom stereocenters. The van der Waals surface area contributed by atoms with Gasteiger partial charge in [0.25, 0.3) is 0 Å². The van der Waals surface area contributed by atoms with Gasteiger partial charge in [0.15, 0.2) is 0 Å². The summed E-state index contributed by atoms with van der Waals surface area (Å²) in [6.07, 6.45) is 4.67. The topological polar surface area (TPSA) is 97.1 Å². The molecular formula is C23H48N4O4. The number of carbonyl (C=O) groups excluding carboxylic acids is 2. The summed E-state index contributed by atoms with van der Waals surface area (Å²) < 4.78 is 11.1. The molecule has 31 heavy (non-hydrogen) atoms. The van der Waals surface area contributed by atoms with Crippen molar-refractivity contribution >= 4 is 12.2 Å². The van der Waals surface area contributed by atoms with Crippen molar-refractivity contribution in [3.8, 4) is 0 Å². The molecule has 0 spiro atoms. The van der Waals surface area contributed by atoms with E-state index >= 15 is 0 Å². The predicted molar refractivity (Wildman–Crippen MR) is 126 cm³/mol. The standard InChI is InChI=1S/C23H48N4O4/c1-22(2,3)30-20(28)26(16-10-8-14-24)18-12-13-19-27(17-11-9-15-25-7)21(29)31-23(4,5)6/h25H,8-19,24H2,1-7H3. The van der Waals surface area contributed by atoms with Crippen molar-refractivity contribution in [2.75, 3.05) is 46.3 Å². The molecule has 0 aromatic rings. The summed E-state index contributed by atoms with van der Waals surface area (Å²) in [6.45, 7) is 15.3. The van der Waals surface area contributed by atoms with Gasteiger partial charge in [-0.2, -0.15) is 0 Å². The number of ether oxygens (including phenoxy) is 2. The highest BCUT2D eigenvalue weighted by Gasteiger charge is 2.23. The molecule has 0 heterocycles. The lowest BCUT2D eigenvalue weighted by Gasteiger charge is -2.29. The molecule has 0 saturated carbocycles. The predicted octanol–water partition coefficient (Wildman–Crippen LogP) is 3.98. The minimum atomic E-state index is -0.524. The minimum Gasteiger partial charge on any atom is -0.444 e. The Bertz CT molecular complexity index is 501. The van der Waals surface area contributed by atoms with E-state index in [0.717, 1.165) is 45.1 Å². The van der Waals surface area contributed by atoms with E-state index in [-0.39, 0.29) is 12.2 Å². The molecule has 3 N–H and O–H groups in total. The van der Waals surface area contributed by atoms with Gasteiger partial charge in [-0.3, -0.25) is 0 Å². The first-order chi connectivity index (χ1) is 14.4. The van der Waals surface area contributed by atoms with Crippen LogP contribution in [0.15, 0.2) is 0 Å². The summed E-state index contributed by atoms with van der Waals surface area (Å²) in [5.74, 6) is 0. The van der Waals surface area contributed by atoms with Crippen LogP contribution in [0.1, 0.15) is 80.1 Å². The van der Waals surface area contributed by atoms with Crippen LogP contribution in [0.3, 0.4) is 0 Å². The maximum absolute atomic E-state index is 12.6. The number of unbranched alkanes of at least 4 members (excludes halogenated alkanes) is 3. The van der Waals surface area contributed by atoms with Crippen LogP contribution < -0.4 is 11.1 Å². The fraction of sp³-hybridized carbons (Fsp3) is 0.913. The SMILES string of the molecule is CNCCCCN(CCCCN(CCCCN)C(=O)OC(C)(C)C)C(=O)OC(C)(C)C. The maximum atomic E-state index is 12.6. The fourth-order valence-corrected chi connectivity index (χ4v) is 2.90. The number of nitrogens with one attached hydrogen (secondary N) is 1. The number of nitrogens with two attached hydrogens (primary N) is 1. The second-order valence-corrected chi connectivity index (χ2v) is 9.95. The first-order valence-electron chi connectivity index (χ1n) is 11.7. The third kappa shape index (κ3) is 16.8. The molecule has 0 radical (unpaired) electrons. The van der Waals surface area contributed by atoms with Gasteiger partial charge < -0.3 is 30.3 Å². The van der Waals surface area contributed by atoms with Crippen molar-refractivity contribution in [2.24, 2.45) is 5.73 Å². The summed E-state index contributed by atoms with van der Waals surface area (Å²) >= 11 is 0. The number of hydrogen-bond acceptors (Lipinski definition) is 6. The maximum Gasteiger partial charge on any atom is 0.410 e. The minimum absolute atomic E-state index is 0.274. The molecule has 2 amide bonds. The van der Waals surface area contributed by atoms with Gasteiger partial charge in [0.05, 0.1) is 0 Å². The molecule has 0 aliphatic heterocycles. The molecule has 184 valence electrons. The quantitative estimate of drug-likeness (QED) is 0.393. The van der Waals surface area contributed by atoms with Crippen LogP contribution in [-0.2, 0) is 9.47 Å². The van der Waals surface area contributed by atoms with Crippen molar-refractivity contribution in [2.45, 2.75) is 91.3 Å². The lowest BCUT2D eigenvalue weighted by atomic mass is 10.2. The number of carbonyl (C=O) groups is 2. The molecule has 0 aliphatic rings. The normalized spacial score (nSPS) is 11.9. The Hall–Kier alpha value is -1.54. The highest BCUT2D eigenvalue weighted by atomic mass is 16.6. The monoisotopic (exact) mass is 444 g/mol. The number of nitrogens with zero attached hydrogens (tertiary/aromatic N) is 2. The Morgan fingerprint density at radius 1 is 0.710 bits per heavy atom.